The normalized spacial score (nSPS) is 17.6. The van der Waals surface area contributed by atoms with Crippen molar-refractivity contribution in [2.24, 2.45) is 0 Å². The molecule has 0 unspecified atom stereocenters. The minimum absolute atomic E-state index is 0.0956. The number of fused-ring (bicyclic) bond motifs is 1. The van der Waals surface area contributed by atoms with Crippen LogP contribution < -0.4 is 15.5 Å². The van der Waals surface area contributed by atoms with Crippen molar-refractivity contribution in [3.05, 3.63) is 42.0 Å². The molecule has 1 saturated heterocycles. The summed E-state index contributed by atoms with van der Waals surface area (Å²) >= 11 is 0. The van der Waals surface area contributed by atoms with Crippen molar-refractivity contribution in [2.45, 2.75) is 6.54 Å². The zero-order chi connectivity index (χ0) is 17.2. The van der Waals surface area contributed by atoms with E-state index in [-0.39, 0.29) is 18.3 Å². The van der Waals surface area contributed by atoms with Crippen LogP contribution >= 0.6 is 0 Å². The molecule has 1 aromatic carbocycles. The Labute approximate surface area is 144 Å². The zero-order valence-electron chi connectivity index (χ0n) is 13.7. The molecule has 0 atom stereocenters. The number of halogens is 1. The number of aromatic nitrogens is 2. The van der Waals surface area contributed by atoms with Crippen LogP contribution in [0.2, 0.25) is 0 Å². The summed E-state index contributed by atoms with van der Waals surface area (Å²) in [6.45, 7) is 3.94. The van der Waals surface area contributed by atoms with Gasteiger partial charge in [-0.05, 0) is 6.07 Å². The molecule has 3 heterocycles. The van der Waals surface area contributed by atoms with Gasteiger partial charge in [0.25, 0.3) is 0 Å². The second-order valence-corrected chi connectivity index (χ2v) is 6.18. The molecule has 1 aromatic heterocycles. The molecule has 4 rings (SSSR count). The summed E-state index contributed by atoms with van der Waals surface area (Å²) in [6, 6.07) is 6.88. The predicted octanol–water partition coefficient (Wildman–Crippen LogP) is 1.30. The highest BCUT2D eigenvalue weighted by molar-refractivity contribution is 6.02. The Morgan fingerprint density at radius 1 is 1.12 bits per heavy atom. The smallest absolute Gasteiger partial charge is 0.243 e. The predicted molar refractivity (Wildman–Crippen MR) is 93.0 cm³/mol. The molecule has 0 bridgehead atoms. The molecule has 0 radical (unpaired) electrons. The monoisotopic (exact) mass is 342 g/mol. The largest absolute Gasteiger partial charge is 0.359 e. The van der Waals surface area contributed by atoms with Gasteiger partial charge >= 0.3 is 0 Å². The number of piperazine rings is 1. The summed E-state index contributed by atoms with van der Waals surface area (Å²) < 4.78 is 13.8. The second-order valence-electron chi connectivity index (χ2n) is 6.18. The van der Waals surface area contributed by atoms with E-state index in [1.54, 1.807) is 6.07 Å². The number of benzene rings is 1. The molecule has 1 amide bonds. The van der Waals surface area contributed by atoms with Gasteiger partial charge < -0.3 is 15.5 Å². The van der Waals surface area contributed by atoms with Gasteiger partial charge in [-0.2, -0.15) is 0 Å². The molecule has 2 aliphatic heterocycles. The lowest BCUT2D eigenvalue weighted by atomic mass is 10.2. The first-order valence-corrected chi connectivity index (χ1v) is 8.30. The summed E-state index contributed by atoms with van der Waals surface area (Å²) in [5, 5.41) is 5.85. The summed E-state index contributed by atoms with van der Waals surface area (Å²) in [5.41, 5.74) is 1.35. The first-order chi connectivity index (χ1) is 12.2. The van der Waals surface area contributed by atoms with Crippen molar-refractivity contribution in [3.8, 4) is 0 Å². The Bertz CT molecular complexity index is 790. The van der Waals surface area contributed by atoms with Crippen LogP contribution in [-0.2, 0) is 11.3 Å². The lowest BCUT2D eigenvalue weighted by Gasteiger charge is -2.36. The van der Waals surface area contributed by atoms with Gasteiger partial charge in [-0.1, -0.05) is 18.2 Å². The Kier molecular flexibility index (Phi) is 4.19. The van der Waals surface area contributed by atoms with E-state index in [4.69, 9.17) is 0 Å². The van der Waals surface area contributed by atoms with Gasteiger partial charge in [0, 0.05) is 38.3 Å². The van der Waals surface area contributed by atoms with Crippen LogP contribution in [0.15, 0.2) is 30.6 Å². The molecule has 7 nitrogen and oxygen atoms in total. The maximum Gasteiger partial charge on any atom is 0.243 e. The number of carbonyl (C=O) groups excluding carboxylic acids is 1. The van der Waals surface area contributed by atoms with Gasteiger partial charge in [-0.15, -0.1) is 0 Å². The highest BCUT2D eigenvalue weighted by atomic mass is 19.1. The van der Waals surface area contributed by atoms with Crippen LogP contribution in [-0.4, -0.2) is 53.5 Å². The quantitative estimate of drug-likeness (QED) is 0.876. The molecule has 0 spiro atoms. The number of hydrogen-bond acceptors (Lipinski definition) is 6. The number of anilines is 3. The van der Waals surface area contributed by atoms with Crippen LogP contribution in [0, 0.1) is 5.82 Å². The van der Waals surface area contributed by atoms with Crippen molar-refractivity contribution < 1.29 is 9.18 Å². The fourth-order valence-corrected chi connectivity index (χ4v) is 3.20. The Hall–Kier alpha value is -2.74. The van der Waals surface area contributed by atoms with Crippen LogP contribution in [0.4, 0.5) is 21.7 Å². The summed E-state index contributed by atoms with van der Waals surface area (Å²) in [5.74, 6) is 1.12. The number of amides is 1. The third-order valence-corrected chi connectivity index (χ3v) is 4.53. The zero-order valence-corrected chi connectivity index (χ0v) is 13.7. The lowest BCUT2D eigenvalue weighted by Crippen LogP contribution is -2.47. The Morgan fingerprint density at radius 2 is 1.92 bits per heavy atom. The van der Waals surface area contributed by atoms with E-state index in [0.29, 0.717) is 23.6 Å². The molecule has 25 heavy (non-hydrogen) atoms. The standard InChI is InChI=1S/C17H19FN6O/c18-13-4-2-1-3-12(13)10-23-5-7-24(8-6-23)17-15-16(20-11-21-17)19-9-14(25)22-15/h1-4,11H,5-10H2,(H,22,25)(H,19,20,21). The van der Waals surface area contributed by atoms with Crippen LogP contribution in [0.3, 0.4) is 0 Å². The Balaban J connectivity index is 1.44. The number of nitrogens with one attached hydrogen (secondary N) is 2. The minimum Gasteiger partial charge on any atom is -0.359 e. The van der Waals surface area contributed by atoms with E-state index < -0.39 is 0 Å². The van der Waals surface area contributed by atoms with Crippen LogP contribution in [0.1, 0.15) is 5.56 Å². The summed E-state index contributed by atoms with van der Waals surface area (Å²) in [6.07, 6.45) is 1.50. The number of nitrogens with zero attached hydrogens (tertiary/aromatic N) is 4. The SMILES string of the molecule is O=C1CNc2ncnc(N3CCN(Cc4ccccc4F)CC3)c2N1. The third kappa shape index (κ3) is 3.25. The van der Waals surface area contributed by atoms with E-state index in [9.17, 15) is 9.18 Å². The van der Waals surface area contributed by atoms with Gasteiger partial charge in [-0.3, -0.25) is 9.69 Å². The van der Waals surface area contributed by atoms with Gasteiger partial charge in [0.1, 0.15) is 17.8 Å². The molecular weight excluding hydrogens is 323 g/mol. The first kappa shape index (κ1) is 15.8. The van der Waals surface area contributed by atoms with E-state index in [1.165, 1.54) is 12.4 Å². The topological polar surface area (TPSA) is 73.4 Å². The molecule has 2 aromatic rings. The van der Waals surface area contributed by atoms with Crippen molar-refractivity contribution in [3.63, 3.8) is 0 Å². The van der Waals surface area contributed by atoms with Crippen molar-refractivity contribution >= 4 is 23.2 Å². The van der Waals surface area contributed by atoms with Gasteiger partial charge in [0.15, 0.2) is 11.6 Å². The first-order valence-electron chi connectivity index (χ1n) is 8.30. The van der Waals surface area contributed by atoms with Crippen LogP contribution in [0.25, 0.3) is 0 Å². The molecule has 2 N–H and O–H groups in total. The number of hydrogen-bond donors (Lipinski definition) is 2. The summed E-state index contributed by atoms with van der Waals surface area (Å²) in [4.78, 5) is 24.5. The fourth-order valence-electron chi connectivity index (χ4n) is 3.20. The third-order valence-electron chi connectivity index (χ3n) is 4.53. The van der Waals surface area contributed by atoms with E-state index in [2.05, 4.69) is 30.4 Å². The molecule has 8 heteroatoms. The highest BCUT2D eigenvalue weighted by Crippen LogP contribution is 2.32. The minimum atomic E-state index is -0.163. The van der Waals surface area contributed by atoms with Gasteiger partial charge in [0.2, 0.25) is 5.91 Å². The average molecular weight is 342 g/mol. The van der Waals surface area contributed by atoms with E-state index in [1.807, 2.05) is 12.1 Å². The summed E-state index contributed by atoms with van der Waals surface area (Å²) in [7, 11) is 0. The van der Waals surface area contributed by atoms with Gasteiger partial charge in [0.05, 0.1) is 6.54 Å². The fraction of sp³-hybridized carbons (Fsp3) is 0.353. The second kappa shape index (κ2) is 6.64. The molecular formula is C17H19FN6O. The van der Waals surface area contributed by atoms with Crippen LogP contribution in [0.5, 0.6) is 0 Å². The number of rotatable bonds is 3. The lowest BCUT2D eigenvalue weighted by molar-refractivity contribution is -0.114. The molecule has 1 fully saturated rings. The van der Waals surface area contributed by atoms with Crippen molar-refractivity contribution in [1.82, 2.24) is 14.9 Å². The molecule has 130 valence electrons. The average Bonchev–Trinajstić information content (AvgIpc) is 2.64. The Morgan fingerprint density at radius 3 is 2.72 bits per heavy atom. The highest BCUT2D eigenvalue weighted by Gasteiger charge is 2.25. The maximum absolute atomic E-state index is 13.8. The molecule has 0 saturated carbocycles. The van der Waals surface area contributed by atoms with Crippen molar-refractivity contribution in [2.75, 3.05) is 48.3 Å². The van der Waals surface area contributed by atoms with Crippen molar-refractivity contribution in [1.29, 1.82) is 0 Å². The van der Waals surface area contributed by atoms with E-state index >= 15 is 0 Å². The maximum atomic E-state index is 13.8. The molecule has 0 aliphatic carbocycles. The van der Waals surface area contributed by atoms with Gasteiger partial charge in [-0.25, -0.2) is 14.4 Å². The number of carbonyl (C=O) groups is 1. The molecule has 2 aliphatic rings. The van der Waals surface area contributed by atoms with E-state index in [0.717, 1.165) is 32.0 Å².